The van der Waals surface area contributed by atoms with Crippen molar-refractivity contribution >= 4 is 32.8 Å². The van der Waals surface area contributed by atoms with Gasteiger partial charge in [-0.05, 0) is 30.7 Å². The highest BCUT2D eigenvalue weighted by atomic mass is 32.2. The van der Waals surface area contributed by atoms with E-state index in [9.17, 15) is 26.7 Å². The van der Waals surface area contributed by atoms with Gasteiger partial charge < -0.3 is 19.5 Å². The minimum Gasteiger partial charge on any atom is -0.378 e. The van der Waals surface area contributed by atoms with Crippen LogP contribution in [-0.2, 0) is 25.1 Å². The zero-order chi connectivity index (χ0) is 28.0. The van der Waals surface area contributed by atoms with Gasteiger partial charge in [-0.2, -0.15) is 17.5 Å². The second-order valence-electron chi connectivity index (χ2n) is 10.5. The summed E-state index contributed by atoms with van der Waals surface area (Å²) in [6, 6.07) is 5.75. The van der Waals surface area contributed by atoms with E-state index in [1.165, 1.54) is 22.5 Å². The number of nitrogens with zero attached hydrogens (tertiary/aromatic N) is 3. The van der Waals surface area contributed by atoms with Crippen LogP contribution in [0.5, 0.6) is 0 Å². The summed E-state index contributed by atoms with van der Waals surface area (Å²) in [6.45, 7) is 4.31. The summed E-state index contributed by atoms with van der Waals surface area (Å²) in [5.41, 5.74) is -2.59. The molecule has 3 heterocycles. The lowest BCUT2D eigenvalue weighted by molar-refractivity contribution is -0.258. The average molecular weight is 588 g/mol. The fourth-order valence-electron chi connectivity index (χ4n) is 5.24. The van der Waals surface area contributed by atoms with Gasteiger partial charge in [-0.1, -0.05) is 36.5 Å². The van der Waals surface area contributed by atoms with E-state index in [0.717, 1.165) is 6.92 Å². The summed E-state index contributed by atoms with van der Waals surface area (Å²) in [6.07, 6.45) is 0.632. The molecule has 0 unspecified atom stereocenters. The molecule has 214 valence electrons. The number of hydrogen-bond donors (Lipinski definition) is 1. The van der Waals surface area contributed by atoms with Gasteiger partial charge in [0.15, 0.2) is 5.60 Å². The number of benzene rings is 1. The SMILES string of the molecule is C[C@](O)(c1ccc(N2CCN(S(=O)(=O)C3=CC=CCC3=S)C[C@@H]2CN(C2COC2)C2COC2)cc1)C(F)(F)F. The topological polar surface area (TPSA) is 82.6 Å². The Hall–Kier alpha value is -1.87. The molecule has 0 saturated carbocycles. The lowest BCUT2D eigenvalue weighted by Crippen LogP contribution is -2.65. The largest absolute Gasteiger partial charge is 0.421 e. The highest BCUT2D eigenvalue weighted by molar-refractivity contribution is 7.96. The maximum absolute atomic E-state index is 13.6. The molecule has 8 nitrogen and oxygen atoms in total. The quantitative estimate of drug-likeness (QED) is 0.465. The van der Waals surface area contributed by atoms with E-state index >= 15 is 0 Å². The standard InChI is InChI=1S/C26H32F3N3O5S2/c1-25(33,26(27,28)29)18-6-8-19(9-7-18)31-11-10-30(39(34,35)24-5-3-2-4-23(24)38)12-20(31)13-32(21-14-36-15-21)22-16-37-17-22/h2-3,5-9,20-22,33H,4,10-17H2,1H3/t20-,25+/m1/s1. The summed E-state index contributed by atoms with van der Waals surface area (Å²) >= 11 is 5.35. The second kappa shape index (κ2) is 10.8. The third-order valence-corrected chi connectivity index (χ3v) is 10.4. The van der Waals surface area contributed by atoms with Crippen LogP contribution in [0.1, 0.15) is 18.9 Å². The van der Waals surface area contributed by atoms with E-state index in [1.54, 1.807) is 18.2 Å². The van der Waals surface area contributed by atoms with Crippen molar-refractivity contribution in [3.8, 4) is 0 Å². The fourth-order valence-corrected chi connectivity index (χ4v) is 7.31. The number of halogens is 3. The predicted octanol–water partition coefficient (Wildman–Crippen LogP) is 2.59. The van der Waals surface area contributed by atoms with Gasteiger partial charge >= 0.3 is 6.18 Å². The first-order chi connectivity index (χ1) is 18.4. The van der Waals surface area contributed by atoms with Crippen LogP contribution in [-0.4, -0.2) is 105 Å². The molecular weight excluding hydrogens is 555 g/mol. The van der Waals surface area contributed by atoms with Gasteiger partial charge in [0.05, 0.1) is 49.5 Å². The van der Waals surface area contributed by atoms with Gasteiger partial charge in [0.2, 0.25) is 10.0 Å². The van der Waals surface area contributed by atoms with Crippen LogP contribution in [0.2, 0.25) is 0 Å². The number of ether oxygens (including phenoxy) is 2. The molecule has 3 saturated heterocycles. The summed E-state index contributed by atoms with van der Waals surface area (Å²) in [5, 5.41) is 10.1. The minimum absolute atomic E-state index is 0.141. The lowest BCUT2D eigenvalue weighted by atomic mass is 9.95. The number of rotatable bonds is 8. The Morgan fingerprint density at radius 1 is 1.08 bits per heavy atom. The van der Waals surface area contributed by atoms with Gasteiger partial charge in [0.1, 0.15) is 0 Å². The van der Waals surface area contributed by atoms with Crippen LogP contribution in [0, 0.1) is 0 Å². The van der Waals surface area contributed by atoms with Crippen LogP contribution in [0.4, 0.5) is 18.9 Å². The molecule has 0 bridgehead atoms. The monoisotopic (exact) mass is 587 g/mol. The molecule has 39 heavy (non-hydrogen) atoms. The molecule has 0 spiro atoms. The molecule has 0 aromatic heterocycles. The van der Waals surface area contributed by atoms with Gasteiger partial charge in [-0.15, -0.1) is 0 Å². The molecular formula is C26H32F3N3O5S2. The van der Waals surface area contributed by atoms with E-state index in [-0.39, 0.29) is 41.7 Å². The third kappa shape index (κ3) is 5.54. The second-order valence-corrected chi connectivity index (χ2v) is 12.9. The number of alkyl halides is 3. The van der Waals surface area contributed by atoms with Gasteiger partial charge in [-0.25, -0.2) is 8.42 Å². The van der Waals surface area contributed by atoms with Crippen LogP contribution < -0.4 is 4.90 Å². The third-order valence-electron chi connectivity index (χ3n) is 7.94. The fraction of sp³-hybridized carbons (Fsp3) is 0.577. The Labute approximate surface area is 231 Å². The Balaban J connectivity index is 1.43. The Bertz CT molecular complexity index is 1230. The van der Waals surface area contributed by atoms with Gasteiger partial charge in [0, 0.05) is 43.2 Å². The lowest BCUT2D eigenvalue weighted by Gasteiger charge is -2.50. The summed E-state index contributed by atoms with van der Waals surface area (Å²) < 4.78 is 79.7. The van der Waals surface area contributed by atoms with Crippen molar-refractivity contribution in [3.05, 3.63) is 53.0 Å². The Kier molecular flexibility index (Phi) is 7.96. The predicted molar refractivity (Wildman–Crippen MR) is 144 cm³/mol. The van der Waals surface area contributed by atoms with Crippen molar-refractivity contribution in [2.24, 2.45) is 0 Å². The van der Waals surface area contributed by atoms with E-state index in [4.69, 9.17) is 21.7 Å². The normalized spacial score (nSPS) is 25.3. The molecule has 13 heteroatoms. The number of thiocarbonyl (C=S) groups is 1. The Morgan fingerprint density at radius 2 is 1.69 bits per heavy atom. The molecule has 3 fully saturated rings. The number of allylic oxidation sites excluding steroid dienone is 4. The summed E-state index contributed by atoms with van der Waals surface area (Å²) in [4.78, 5) is 4.86. The highest BCUT2D eigenvalue weighted by Crippen LogP contribution is 2.39. The molecule has 1 N–H and O–H groups in total. The zero-order valence-corrected chi connectivity index (χ0v) is 23.1. The molecule has 1 aliphatic carbocycles. The van der Waals surface area contributed by atoms with E-state index in [2.05, 4.69) is 4.90 Å². The zero-order valence-electron chi connectivity index (χ0n) is 21.5. The van der Waals surface area contributed by atoms with Crippen molar-refractivity contribution in [3.63, 3.8) is 0 Å². The van der Waals surface area contributed by atoms with Crippen molar-refractivity contribution in [1.29, 1.82) is 0 Å². The first-order valence-electron chi connectivity index (χ1n) is 12.9. The summed E-state index contributed by atoms with van der Waals surface area (Å²) in [5.74, 6) is 0. The van der Waals surface area contributed by atoms with Crippen LogP contribution in [0.3, 0.4) is 0 Å². The van der Waals surface area contributed by atoms with Gasteiger partial charge in [0.25, 0.3) is 0 Å². The number of piperazine rings is 1. The van der Waals surface area contributed by atoms with Crippen molar-refractivity contribution in [1.82, 2.24) is 9.21 Å². The minimum atomic E-state index is -4.82. The number of hydrogen-bond acceptors (Lipinski definition) is 8. The maximum Gasteiger partial charge on any atom is 0.421 e. The van der Waals surface area contributed by atoms with Gasteiger partial charge in [-0.3, -0.25) is 4.90 Å². The van der Waals surface area contributed by atoms with Crippen molar-refractivity contribution in [2.45, 2.75) is 43.2 Å². The molecule has 1 aromatic rings. The van der Waals surface area contributed by atoms with Crippen molar-refractivity contribution in [2.75, 3.05) is 57.5 Å². The molecule has 2 atom stereocenters. The molecule has 3 aliphatic heterocycles. The van der Waals surface area contributed by atoms with E-state index in [0.29, 0.717) is 56.5 Å². The number of sulfonamides is 1. The average Bonchev–Trinajstić information content (AvgIpc) is 2.81. The molecule has 1 aromatic carbocycles. The van der Waals surface area contributed by atoms with Crippen LogP contribution in [0.25, 0.3) is 0 Å². The van der Waals surface area contributed by atoms with Crippen molar-refractivity contribution < 1.29 is 36.2 Å². The molecule has 0 radical (unpaired) electrons. The Morgan fingerprint density at radius 3 is 2.21 bits per heavy atom. The van der Waals surface area contributed by atoms with Crippen LogP contribution in [0.15, 0.2) is 47.4 Å². The molecule has 0 amide bonds. The number of aliphatic hydroxyl groups is 1. The van der Waals surface area contributed by atoms with Crippen LogP contribution >= 0.6 is 12.2 Å². The van der Waals surface area contributed by atoms with E-state index in [1.807, 2.05) is 11.0 Å². The maximum atomic E-state index is 13.6. The van der Waals surface area contributed by atoms with E-state index < -0.39 is 21.8 Å². The first kappa shape index (κ1) is 28.7. The molecule has 5 rings (SSSR count). The number of anilines is 1. The smallest absolute Gasteiger partial charge is 0.378 e. The molecule has 4 aliphatic rings. The first-order valence-corrected chi connectivity index (χ1v) is 14.7. The summed E-state index contributed by atoms with van der Waals surface area (Å²) in [7, 11) is -3.83. The highest BCUT2D eigenvalue weighted by Gasteiger charge is 2.51.